The lowest BCUT2D eigenvalue weighted by Crippen LogP contribution is -1.89. The summed E-state index contributed by atoms with van der Waals surface area (Å²) in [5.74, 6) is 0. The second-order valence-corrected chi connectivity index (χ2v) is 7.34. The van der Waals surface area contributed by atoms with Crippen molar-refractivity contribution in [1.82, 2.24) is 14.0 Å². The molecule has 3 aromatic carbocycles. The topological polar surface area (TPSA) is 22.2 Å². The Labute approximate surface area is 154 Å². The van der Waals surface area contributed by atoms with Gasteiger partial charge in [-0.15, -0.1) is 0 Å². The van der Waals surface area contributed by atoms with Crippen LogP contribution in [0.25, 0.3) is 60.0 Å². The van der Waals surface area contributed by atoms with Crippen LogP contribution in [-0.4, -0.2) is 14.0 Å². The first kappa shape index (κ1) is 13.6. The number of aryl methyl sites for hydroxylation is 1. The molecule has 0 saturated carbocycles. The maximum absolute atomic E-state index is 4.78. The summed E-state index contributed by atoms with van der Waals surface area (Å²) in [7, 11) is 2.16. The fourth-order valence-electron chi connectivity index (χ4n) is 5.02. The zero-order valence-corrected chi connectivity index (χ0v) is 14.8. The third-order valence-electron chi connectivity index (χ3n) is 6.11. The number of para-hydroxylation sites is 1. The number of benzene rings is 3. The summed E-state index contributed by atoms with van der Waals surface area (Å²) >= 11 is 0. The Balaban J connectivity index is 2.06. The molecule has 27 heavy (non-hydrogen) atoms. The number of nitrogens with zero attached hydrogens (tertiary/aromatic N) is 3. The van der Waals surface area contributed by atoms with Crippen LogP contribution < -0.4 is 0 Å². The third-order valence-corrected chi connectivity index (χ3v) is 6.11. The molecule has 7 rings (SSSR count). The molecular weight excluding hydrogens is 330 g/mol. The second kappa shape index (κ2) is 4.38. The van der Waals surface area contributed by atoms with Crippen LogP contribution in [0, 0.1) is 0 Å². The Morgan fingerprint density at radius 3 is 2.26 bits per heavy atom. The molecule has 0 bridgehead atoms. The molecule has 0 N–H and O–H groups in total. The van der Waals surface area contributed by atoms with Crippen LogP contribution >= 0.6 is 0 Å². The molecule has 7 aromatic rings. The molecule has 4 aromatic heterocycles. The van der Waals surface area contributed by atoms with E-state index in [1.165, 1.54) is 54.5 Å². The van der Waals surface area contributed by atoms with Gasteiger partial charge in [0.25, 0.3) is 0 Å². The van der Waals surface area contributed by atoms with Crippen molar-refractivity contribution in [2.45, 2.75) is 0 Å². The molecule has 126 valence electrons. The Hall–Kier alpha value is -3.59. The number of rotatable bonds is 0. The first-order valence-corrected chi connectivity index (χ1v) is 9.23. The Kier molecular flexibility index (Phi) is 2.21. The van der Waals surface area contributed by atoms with Crippen LogP contribution in [0.1, 0.15) is 0 Å². The average molecular weight is 345 g/mol. The third kappa shape index (κ3) is 1.41. The van der Waals surface area contributed by atoms with Crippen molar-refractivity contribution in [2.24, 2.45) is 7.05 Å². The van der Waals surface area contributed by atoms with Crippen molar-refractivity contribution in [3.8, 4) is 0 Å². The van der Waals surface area contributed by atoms with Crippen LogP contribution in [-0.2, 0) is 7.05 Å². The number of aromatic nitrogens is 3. The van der Waals surface area contributed by atoms with Gasteiger partial charge in [0.15, 0.2) is 0 Å². The SMILES string of the molecule is Cn1c2cccc3c4ccnc5c6ccccc6n(c6cccc1c6c32)c45. The van der Waals surface area contributed by atoms with Gasteiger partial charge in [-0.1, -0.05) is 36.4 Å². The Bertz CT molecular complexity index is 1680. The predicted molar refractivity (Wildman–Crippen MR) is 113 cm³/mol. The maximum Gasteiger partial charge on any atom is 0.0969 e. The lowest BCUT2D eigenvalue weighted by atomic mass is 10.1. The standard InChI is InChI=1S/C24H15N3/c1-26-18-9-4-7-14-15-12-13-25-23-16-6-2-3-8-17(16)27(24(15)23)20-11-5-10-19(26)22(20)21(14)18/h2-13H,1H3. The maximum atomic E-state index is 4.78. The number of hydrogen-bond acceptors (Lipinski definition) is 1. The van der Waals surface area contributed by atoms with Crippen LogP contribution in [0.2, 0.25) is 0 Å². The zero-order chi connectivity index (χ0) is 17.7. The van der Waals surface area contributed by atoms with Crippen molar-refractivity contribution in [3.63, 3.8) is 0 Å². The molecule has 0 atom stereocenters. The molecule has 0 saturated heterocycles. The van der Waals surface area contributed by atoms with E-state index in [-0.39, 0.29) is 0 Å². The van der Waals surface area contributed by atoms with E-state index in [0.29, 0.717) is 0 Å². The summed E-state index contributed by atoms with van der Waals surface area (Å²) in [6, 6.07) is 24.0. The first-order valence-electron chi connectivity index (χ1n) is 9.23. The van der Waals surface area contributed by atoms with E-state index in [2.05, 4.69) is 82.7 Å². The molecule has 0 unspecified atom stereocenters. The average Bonchev–Trinajstić information content (AvgIpc) is 3.16. The van der Waals surface area contributed by atoms with Gasteiger partial charge in [0.2, 0.25) is 0 Å². The molecule has 0 amide bonds. The molecule has 0 aliphatic rings. The molecule has 0 aliphatic carbocycles. The van der Waals surface area contributed by atoms with E-state index < -0.39 is 0 Å². The van der Waals surface area contributed by atoms with E-state index in [4.69, 9.17) is 4.98 Å². The highest BCUT2D eigenvalue weighted by Gasteiger charge is 2.20. The fraction of sp³-hybridized carbons (Fsp3) is 0.0417. The summed E-state index contributed by atoms with van der Waals surface area (Å²) < 4.78 is 4.72. The van der Waals surface area contributed by atoms with Crippen LogP contribution in [0.15, 0.2) is 72.9 Å². The highest BCUT2D eigenvalue weighted by Crippen LogP contribution is 2.41. The second-order valence-electron chi connectivity index (χ2n) is 7.34. The summed E-state index contributed by atoms with van der Waals surface area (Å²) in [6.45, 7) is 0. The van der Waals surface area contributed by atoms with Gasteiger partial charge < -0.3 is 8.97 Å². The quantitative estimate of drug-likeness (QED) is 0.337. The number of hydrogen-bond donors (Lipinski definition) is 0. The van der Waals surface area contributed by atoms with Gasteiger partial charge in [-0.25, -0.2) is 0 Å². The van der Waals surface area contributed by atoms with E-state index >= 15 is 0 Å². The lowest BCUT2D eigenvalue weighted by molar-refractivity contribution is 1.01. The minimum Gasteiger partial charge on any atom is -0.344 e. The van der Waals surface area contributed by atoms with Crippen molar-refractivity contribution in [3.05, 3.63) is 72.9 Å². The molecule has 0 fully saturated rings. The van der Waals surface area contributed by atoms with E-state index in [9.17, 15) is 0 Å². The molecule has 4 heterocycles. The number of pyridine rings is 1. The highest BCUT2D eigenvalue weighted by molar-refractivity contribution is 6.30. The van der Waals surface area contributed by atoms with Gasteiger partial charge >= 0.3 is 0 Å². The summed E-state index contributed by atoms with van der Waals surface area (Å²) in [6.07, 6.45) is 1.95. The minimum atomic E-state index is 1.08. The van der Waals surface area contributed by atoms with Gasteiger partial charge in [0, 0.05) is 40.3 Å². The first-order chi connectivity index (χ1) is 13.3. The molecule has 0 aliphatic heterocycles. The van der Waals surface area contributed by atoms with E-state index in [1.54, 1.807) is 0 Å². The van der Waals surface area contributed by atoms with Gasteiger partial charge in [0.05, 0.1) is 27.6 Å². The van der Waals surface area contributed by atoms with Gasteiger partial charge in [-0.2, -0.15) is 0 Å². The summed E-state index contributed by atoms with van der Waals surface area (Å²) in [4.78, 5) is 4.78. The monoisotopic (exact) mass is 345 g/mol. The highest BCUT2D eigenvalue weighted by atomic mass is 15.0. The largest absolute Gasteiger partial charge is 0.344 e. The van der Waals surface area contributed by atoms with Crippen LogP contribution in [0.4, 0.5) is 0 Å². The zero-order valence-electron chi connectivity index (χ0n) is 14.8. The van der Waals surface area contributed by atoms with Crippen molar-refractivity contribution < 1.29 is 0 Å². The molecular formula is C24H15N3. The Morgan fingerprint density at radius 1 is 0.630 bits per heavy atom. The molecule has 0 spiro atoms. The van der Waals surface area contributed by atoms with Crippen molar-refractivity contribution >= 4 is 60.0 Å². The van der Waals surface area contributed by atoms with Gasteiger partial charge in [-0.05, 0) is 35.7 Å². The lowest BCUT2D eigenvalue weighted by Gasteiger charge is -2.03. The smallest absolute Gasteiger partial charge is 0.0969 e. The van der Waals surface area contributed by atoms with E-state index in [0.717, 1.165) is 5.52 Å². The fourth-order valence-corrected chi connectivity index (χ4v) is 5.02. The van der Waals surface area contributed by atoms with Crippen molar-refractivity contribution in [1.29, 1.82) is 0 Å². The van der Waals surface area contributed by atoms with Crippen LogP contribution in [0.5, 0.6) is 0 Å². The molecule has 0 radical (unpaired) electrons. The van der Waals surface area contributed by atoms with Crippen LogP contribution in [0.3, 0.4) is 0 Å². The Morgan fingerprint density at radius 2 is 1.33 bits per heavy atom. The summed E-state index contributed by atoms with van der Waals surface area (Å²) in [5.41, 5.74) is 7.27. The minimum absolute atomic E-state index is 1.08. The van der Waals surface area contributed by atoms with E-state index in [1.807, 2.05) is 6.20 Å². The normalized spacial score (nSPS) is 12.6. The van der Waals surface area contributed by atoms with Gasteiger partial charge in [-0.3, -0.25) is 4.98 Å². The summed E-state index contributed by atoms with van der Waals surface area (Å²) in [5, 5.41) is 6.42. The van der Waals surface area contributed by atoms with Gasteiger partial charge in [0.1, 0.15) is 0 Å². The predicted octanol–water partition coefficient (Wildman–Crippen LogP) is 5.88. The van der Waals surface area contributed by atoms with Crippen molar-refractivity contribution in [2.75, 3.05) is 0 Å². The number of fused-ring (bicyclic) bond motifs is 5. The molecule has 3 nitrogen and oxygen atoms in total. The molecule has 3 heteroatoms.